The van der Waals surface area contributed by atoms with E-state index in [9.17, 15) is 18.0 Å². The Morgan fingerprint density at radius 1 is 1.22 bits per heavy atom. The highest BCUT2D eigenvalue weighted by Gasteiger charge is 2.30. The minimum atomic E-state index is -4.43. The lowest BCUT2D eigenvalue weighted by molar-refractivity contribution is -0.137. The number of carbonyl (C=O) groups excluding carboxylic acids is 1. The summed E-state index contributed by atoms with van der Waals surface area (Å²) in [6, 6.07) is 12.1. The number of hydrazone groups is 1. The van der Waals surface area contributed by atoms with Crippen molar-refractivity contribution in [3.05, 3.63) is 65.2 Å². The molecule has 0 heterocycles. The van der Waals surface area contributed by atoms with Gasteiger partial charge in [0.15, 0.2) is 6.61 Å². The molecule has 0 spiro atoms. The van der Waals surface area contributed by atoms with Gasteiger partial charge in [-0.25, -0.2) is 5.43 Å². The maximum Gasteiger partial charge on any atom is 0.416 e. The quantitative estimate of drug-likeness (QED) is 0.558. The molecule has 0 bridgehead atoms. The Balaban J connectivity index is 1.91. The van der Waals surface area contributed by atoms with E-state index in [1.54, 1.807) is 6.07 Å². The molecule has 0 aliphatic rings. The van der Waals surface area contributed by atoms with Gasteiger partial charge in [-0.05, 0) is 41.7 Å². The lowest BCUT2D eigenvalue weighted by Gasteiger charge is -2.15. The van der Waals surface area contributed by atoms with Crippen molar-refractivity contribution >= 4 is 12.1 Å². The molecule has 7 heteroatoms. The predicted octanol–water partition coefficient (Wildman–Crippen LogP) is 4.75. The van der Waals surface area contributed by atoms with Crippen molar-refractivity contribution in [3.8, 4) is 5.75 Å². The van der Waals surface area contributed by atoms with E-state index in [4.69, 9.17) is 4.74 Å². The maximum absolute atomic E-state index is 12.7. The van der Waals surface area contributed by atoms with Crippen molar-refractivity contribution < 1.29 is 22.7 Å². The van der Waals surface area contributed by atoms with Crippen molar-refractivity contribution in [3.63, 3.8) is 0 Å². The van der Waals surface area contributed by atoms with Gasteiger partial charge >= 0.3 is 6.18 Å². The van der Waals surface area contributed by atoms with Crippen LogP contribution in [0.4, 0.5) is 13.2 Å². The minimum Gasteiger partial charge on any atom is -0.483 e. The highest BCUT2D eigenvalue weighted by Crippen LogP contribution is 2.29. The van der Waals surface area contributed by atoms with Gasteiger partial charge in [0.05, 0.1) is 11.8 Å². The molecule has 144 valence electrons. The van der Waals surface area contributed by atoms with Crippen molar-refractivity contribution in [2.75, 3.05) is 6.61 Å². The molecule has 4 nitrogen and oxygen atoms in total. The van der Waals surface area contributed by atoms with Gasteiger partial charge in [0.2, 0.25) is 0 Å². The van der Waals surface area contributed by atoms with Gasteiger partial charge in [-0.15, -0.1) is 0 Å². The molecule has 1 unspecified atom stereocenters. The van der Waals surface area contributed by atoms with Gasteiger partial charge in [-0.3, -0.25) is 4.79 Å². The second-order valence-corrected chi connectivity index (χ2v) is 6.05. The van der Waals surface area contributed by atoms with E-state index in [0.717, 1.165) is 30.3 Å². The van der Waals surface area contributed by atoms with Gasteiger partial charge < -0.3 is 4.74 Å². The molecule has 1 amide bonds. The summed E-state index contributed by atoms with van der Waals surface area (Å²) in [7, 11) is 0. The largest absolute Gasteiger partial charge is 0.483 e. The Morgan fingerprint density at radius 2 is 1.96 bits per heavy atom. The fourth-order valence-electron chi connectivity index (χ4n) is 2.39. The molecule has 1 atom stereocenters. The fraction of sp³-hybridized carbons (Fsp3) is 0.300. The number of para-hydroxylation sites is 1. The lowest BCUT2D eigenvalue weighted by Crippen LogP contribution is -2.25. The van der Waals surface area contributed by atoms with E-state index in [2.05, 4.69) is 24.4 Å². The first-order chi connectivity index (χ1) is 12.8. The molecule has 1 N–H and O–H groups in total. The fourth-order valence-corrected chi connectivity index (χ4v) is 2.39. The van der Waals surface area contributed by atoms with Gasteiger partial charge in [0.25, 0.3) is 5.91 Å². The summed E-state index contributed by atoms with van der Waals surface area (Å²) in [4.78, 5) is 11.9. The van der Waals surface area contributed by atoms with Crippen LogP contribution in [0.1, 0.15) is 42.9 Å². The number of alkyl halides is 3. The van der Waals surface area contributed by atoms with Crippen LogP contribution in [0.3, 0.4) is 0 Å². The van der Waals surface area contributed by atoms with Crippen LogP contribution in [-0.2, 0) is 11.0 Å². The summed E-state index contributed by atoms with van der Waals surface area (Å²) in [5.41, 5.74) is 2.72. The summed E-state index contributed by atoms with van der Waals surface area (Å²) in [6.45, 7) is 3.89. The predicted molar refractivity (Wildman–Crippen MR) is 97.8 cm³/mol. The van der Waals surface area contributed by atoms with Crippen molar-refractivity contribution in [1.29, 1.82) is 0 Å². The summed E-state index contributed by atoms with van der Waals surface area (Å²) in [5, 5.41) is 3.68. The number of carbonyl (C=O) groups is 1. The van der Waals surface area contributed by atoms with Crippen molar-refractivity contribution in [1.82, 2.24) is 5.43 Å². The molecule has 0 aliphatic carbocycles. The summed E-state index contributed by atoms with van der Waals surface area (Å²) < 4.78 is 43.5. The Hall–Kier alpha value is -2.83. The molecular weight excluding hydrogens is 357 g/mol. The van der Waals surface area contributed by atoms with E-state index in [0.29, 0.717) is 11.7 Å². The number of hydrogen-bond acceptors (Lipinski definition) is 3. The average Bonchev–Trinajstić information content (AvgIpc) is 2.65. The highest BCUT2D eigenvalue weighted by atomic mass is 19.4. The SMILES string of the molecule is CCC(C)c1ccccc1OCC(=O)N/N=C/c1cccc(C(F)(F)F)c1. The molecule has 0 aliphatic heterocycles. The third kappa shape index (κ3) is 6.13. The zero-order chi connectivity index (χ0) is 19.9. The molecule has 2 aromatic carbocycles. The van der Waals surface area contributed by atoms with Crippen LogP contribution in [0.5, 0.6) is 5.75 Å². The molecule has 0 radical (unpaired) electrons. The maximum atomic E-state index is 12.7. The first kappa shape index (κ1) is 20.5. The molecule has 2 aromatic rings. The van der Waals surface area contributed by atoms with Gasteiger partial charge in [0.1, 0.15) is 5.75 Å². The topological polar surface area (TPSA) is 50.7 Å². The van der Waals surface area contributed by atoms with E-state index >= 15 is 0 Å². The van der Waals surface area contributed by atoms with E-state index in [1.165, 1.54) is 12.1 Å². The van der Waals surface area contributed by atoms with E-state index in [1.807, 2.05) is 18.2 Å². The van der Waals surface area contributed by atoms with Gasteiger partial charge in [-0.2, -0.15) is 18.3 Å². The van der Waals surface area contributed by atoms with Crippen LogP contribution in [0, 0.1) is 0 Å². The Labute approximate surface area is 156 Å². The van der Waals surface area contributed by atoms with Crippen LogP contribution < -0.4 is 10.2 Å². The van der Waals surface area contributed by atoms with Crippen LogP contribution in [0.25, 0.3) is 0 Å². The van der Waals surface area contributed by atoms with Crippen LogP contribution in [0.15, 0.2) is 53.6 Å². The zero-order valence-electron chi connectivity index (χ0n) is 15.1. The Bertz CT molecular complexity index is 804. The van der Waals surface area contributed by atoms with Crippen molar-refractivity contribution in [2.24, 2.45) is 5.10 Å². The van der Waals surface area contributed by atoms with Crippen LogP contribution in [-0.4, -0.2) is 18.7 Å². The number of nitrogens with zero attached hydrogens (tertiary/aromatic N) is 1. The van der Waals surface area contributed by atoms with Crippen LogP contribution >= 0.6 is 0 Å². The molecule has 0 saturated heterocycles. The number of halogens is 3. The highest BCUT2D eigenvalue weighted by molar-refractivity contribution is 5.83. The number of nitrogens with one attached hydrogen (secondary N) is 1. The normalized spacial score (nSPS) is 12.8. The van der Waals surface area contributed by atoms with E-state index < -0.39 is 17.6 Å². The first-order valence-corrected chi connectivity index (χ1v) is 8.52. The second kappa shape index (κ2) is 9.21. The molecule has 0 fully saturated rings. The smallest absolute Gasteiger partial charge is 0.416 e. The monoisotopic (exact) mass is 378 g/mol. The summed E-state index contributed by atoms with van der Waals surface area (Å²) >= 11 is 0. The molecular formula is C20H21F3N2O2. The van der Waals surface area contributed by atoms with Crippen molar-refractivity contribution in [2.45, 2.75) is 32.4 Å². The zero-order valence-corrected chi connectivity index (χ0v) is 15.1. The average molecular weight is 378 g/mol. The Kier molecular flexibility index (Phi) is 6.98. The number of hydrogen-bond donors (Lipinski definition) is 1. The number of ether oxygens (including phenoxy) is 1. The number of rotatable bonds is 7. The number of benzene rings is 2. The first-order valence-electron chi connectivity index (χ1n) is 8.52. The van der Waals surface area contributed by atoms with Crippen LogP contribution in [0.2, 0.25) is 0 Å². The third-order valence-corrected chi connectivity index (χ3v) is 4.04. The third-order valence-electron chi connectivity index (χ3n) is 4.04. The lowest BCUT2D eigenvalue weighted by atomic mass is 9.98. The second-order valence-electron chi connectivity index (χ2n) is 6.05. The summed E-state index contributed by atoms with van der Waals surface area (Å²) in [5.74, 6) is 0.421. The Morgan fingerprint density at radius 3 is 2.67 bits per heavy atom. The van der Waals surface area contributed by atoms with E-state index in [-0.39, 0.29) is 12.2 Å². The molecule has 0 saturated carbocycles. The number of amides is 1. The van der Waals surface area contributed by atoms with Gasteiger partial charge in [-0.1, -0.05) is 44.2 Å². The molecule has 2 rings (SSSR count). The summed E-state index contributed by atoms with van der Waals surface area (Å²) in [6.07, 6.45) is -2.34. The van der Waals surface area contributed by atoms with Gasteiger partial charge in [0, 0.05) is 0 Å². The molecule has 0 aromatic heterocycles. The molecule has 27 heavy (non-hydrogen) atoms. The minimum absolute atomic E-state index is 0.230. The standard InChI is InChI=1S/C20H21F3N2O2/c1-3-14(2)17-9-4-5-10-18(17)27-13-19(26)25-24-12-15-7-6-8-16(11-15)20(21,22)23/h4-12,14H,3,13H2,1-2H3,(H,25,26)/b24-12+.